The highest BCUT2D eigenvalue weighted by molar-refractivity contribution is 7.99. The summed E-state index contributed by atoms with van der Waals surface area (Å²) >= 11 is 1.78. The van der Waals surface area contributed by atoms with E-state index in [1.54, 1.807) is 31.0 Å². The molecule has 0 fully saturated rings. The summed E-state index contributed by atoms with van der Waals surface area (Å²) in [5.41, 5.74) is 7.86. The number of methoxy groups -OCH3 is 1. The molecule has 188 valence electrons. The van der Waals surface area contributed by atoms with Crippen LogP contribution in [0.5, 0.6) is 5.75 Å². The predicted molar refractivity (Wildman–Crippen MR) is 158 cm³/mol. The first-order valence-corrected chi connectivity index (χ1v) is 13.5. The van der Waals surface area contributed by atoms with Crippen molar-refractivity contribution < 1.29 is 9.13 Å². The molecule has 5 heteroatoms. The molecule has 0 saturated heterocycles. The van der Waals surface area contributed by atoms with Gasteiger partial charge in [0.1, 0.15) is 11.6 Å². The fourth-order valence-electron chi connectivity index (χ4n) is 5.16. The SMILES string of the molecule is COc1ccc(-c2cc(-c3ccc(F)cc3)nc3c(N4c5ccccc5Sc5ccccc54)cccc23)cc1. The van der Waals surface area contributed by atoms with Crippen molar-refractivity contribution in [3.8, 4) is 28.1 Å². The Labute approximate surface area is 230 Å². The summed E-state index contributed by atoms with van der Waals surface area (Å²) in [7, 11) is 1.67. The summed E-state index contributed by atoms with van der Waals surface area (Å²) in [4.78, 5) is 9.91. The monoisotopic (exact) mass is 526 g/mol. The number of rotatable bonds is 4. The lowest BCUT2D eigenvalue weighted by atomic mass is 9.97. The molecule has 5 aromatic carbocycles. The zero-order valence-electron chi connectivity index (χ0n) is 21.1. The molecular formula is C34H23FN2OS. The molecule has 3 nitrogen and oxygen atoms in total. The van der Waals surface area contributed by atoms with Crippen molar-refractivity contribution in [1.82, 2.24) is 4.98 Å². The molecule has 7 rings (SSSR count). The van der Waals surface area contributed by atoms with Gasteiger partial charge >= 0.3 is 0 Å². The van der Waals surface area contributed by atoms with Gasteiger partial charge in [-0.3, -0.25) is 0 Å². The Morgan fingerprint density at radius 1 is 0.667 bits per heavy atom. The molecule has 0 radical (unpaired) electrons. The van der Waals surface area contributed by atoms with Gasteiger partial charge in [-0.25, -0.2) is 9.37 Å². The smallest absolute Gasteiger partial charge is 0.123 e. The standard InChI is InChI=1S/C34H23FN2OS/c1-38-25-19-15-22(16-20-25)27-21-28(23-13-17-24(35)18-14-23)36-34-26(27)7-6-10-31(34)37-29-8-2-4-11-32(29)39-33-12-5-3-9-30(33)37/h2-21H,1H3. The van der Waals surface area contributed by atoms with E-state index in [1.165, 1.54) is 21.9 Å². The van der Waals surface area contributed by atoms with Gasteiger partial charge in [0, 0.05) is 20.7 Å². The van der Waals surface area contributed by atoms with Gasteiger partial charge in [0.05, 0.1) is 35.4 Å². The van der Waals surface area contributed by atoms with Crippen LogP contribution in [-0.2, 0) is 0 Å². The number of benzene rings is 5. The maximum Gasteiger partial charge on any atom is 0.123 e. The van der Waals surface area contributed by atoms with Crippen LogP contribution < -0.4 is 9.64 Å². The number of aromatic nitrogens is 1. The number of ether oxygens (including phenoxy) is 1. The summed E-state index contributed by atoms with van der Waals surface area (Å²) in [6.07, 6.45) is 0. The molecule has 39 heavy (non-hydrogen) atoms. The lowest BCUT2D eigenvalue weighted by Crippen LogP contribution is -2.15. The zero-order chi connectivity index (χ0) is 26.3. The van der Waals surface area contributed by atoms with Gasteiger partial charge in [0.2, 0.25) is 0 Å². The topological polar surface area (TPSA) is 25.4 Å². The Hall–Kier alpha value is -4.61. The van der Waals surface area contributed by atoms with Crippen molar-refractivity contribution in [2.45, 2.75) is 9.79 Å². The number of pyridine rings is 1. The quantitative estimate of drug-likeness (QED) is 0.228. The molecule has 0 N–H and O–H groups in total. The summed E-state index contributed by atoms with van der Waals surface area (Å²) in [6.45, 7) is 0. The molecular weight excluding hydrogens is 503 g/mol. The van der Waals surface area contributed by atoms with E-state index in [4.69, 9.17) is 9.72 Å². The van der Waals surface area contributed by atoms with Crippen LogP contribution in [-0.4, -0.2) is 12.1 Å². The van der Waals surface area contributed by atoms with E-state index >= 15 is 0 Å². The molecule has 6 aromatic rings. The molecule has 0 unspecified atom stereocenters. The first kappa shape index (κ1) is 23.5. The third-order valence-electron chi connectivity index (χ3n) is 7.03. The van der Waals surface area contributed by atoms with Crippen LogP contribution in [0.15, 0.2) is 131 Å². The molecule has 0 amide bonds. The van der Waals surface area contributed by atoms with Crippen LogP contribution in [0.1, 0.15) is 0 Å². The highest BCUT2D eigenvalue weighted by Gasteiger charge is 2.26. The number of fused-ring (bicyclic) bond motifs is 3. The number of anilines is 3. The Balaban J connectivity index is 1.53. The molecule has 0 spiro atoms. The van der Waals surface area contributed by atoms with Gasteiger partial charge in [0.25, 0.3) is 0 Å². The second-order valence-electron chi connectivity index (χ2n) is 9.34. The number of halogens is 1. The largest absolute Gasteiger partial charge is 0.497 e. The van der Waals surface area contributed by atoms with Crippen molar-refractivity contribution in [1.29, 1.82) is 0 Å². The second-order valence-corrected chi connectivity index (χ2v) is 10.4. The predicted octanol–water partition coefficient (Wildman–Crippen LogP) is 9.65. The van der Waals surface area contributed by atoms with Gasteiger partial charge in [-0.05, 0) is 83.9 Å². The van der Waals surface area contributed by atoms with E-state index < -0.39 is 0 Å². The summed E-state index contributed by atoms with van der Waals surface area (Å²) < 4.78 is 19.2. The van der Waals surface area contributed by atoms with Crippen LogP contribution in [0.4, 0.5) is 21.5 Å². The normalized spacial score (nSPS) is 12.2. The Morgan fingerprint density at radius 3 is 1.95 bits per heavy atom. The average Bonchev–Trinajstić information content (AvgIpc) is 2.99. The second kappa shape index (κ2) is 9.61. The highest BCUT2D eigenvalue weighted by Crippen LogP contribution is 2.52. The van der Waals surface area contributed by atoms with Gasteiger partial charge in [-0.15, -0.1) is 0 Å². The summed E-state index contributed by atoms with van der Waals surface area (Å²) in [5.74, 6) is 0.533. The van der Waals surface area contributed by atoms with E-state index in [9.17, 15) is 4.39 Å². The summed E-state index contributed by atoms with van der Waals surface area (Å²) in [6, 6.07) is 40.0. The Bertz CT molecular complexity index is 1790. The van der Waals surface area contributed by atoms with Gasteiger partial charge in [0.15, 0.2) is 0 Å². The molecule has 0 saturated carbocycles. The molecule has 0 atom stereocenters. The molecule has 1 aromatic heterocycles. The molecule has 0 bridgehead atoms. The van der Waals surface area contributed by atoms with Crippen LogP contribution in [0.2, 0.25) is 0 Å². The van der Waals surface area contributed by atoms with Crippen molar-refractivity contribution >= 4 is 39.7 Å². The highest BCUT2D eigenvalue weighted by atomic mass is 32.2. The van der Waals surface area contributed by atoms with Crippen LogP contribution in [0.25, 0.3) is 33.3 Å². The first-order chi connectivity index (χ1) is 19.2. The van der Waals surface area contributed by atoms with E-state index in [0.29, 0.717) is 0 Å². The molecule has 1 aliphatic rings. The molecule has 0 aliphatic carbocycles. The molecule has 2 heterocycles. The van der Waals surface area contributed by atoms with E-state index in [-0.39, 0.29) is 5.82 Å². The van der Waals surface area contributed by atoms with Crippen molar-refractivity contribution in [3.05, 3.63) is 127 Å². The van der Waals surface area contributed by atoms with E-state index in [1.807, 2.05) is 12.1 Å². The minimum Gasteiger partial charge on any atom is -0.497 e. The Kier molecular flexibility index (Phi) is 5.79. The van der Waals surface area contributed by atoms with Crippen LogP contribution in [0.3, 0.4) is 0 Å². The summed E-state index contributed by atoms with van der Waals surface area (Å²) in [5, 5.41) is 1.04. The maximum atomic E-state index is 13.8. The van der Waals surface area contributed by atoms with Crippen molar-refractivity contribution in [2.24, 2.45) is 0 Å². The Morgan fingerprint density at radius 2 is 1.28 bits per heavy atom. The minimum absolute atomic E-state index is 0.269. The van der Waals surface area contributed by atoms with Crippen molar-refractivity contribution in [2.75, 3.05) is 12.0 Å². The average molecular weight is 527 g/mol. The van der Waals surface area contributed by atoms with Gasteiger partial charge in [-0.1, -0.05) is 60.3 Å². The van der Waals surface area contributed by atoms with Gasteiger partial charge in [-0.2, -0.15) is 0 Å². The van der Waals surface area contributed by atoms with E-state index in [2.05, 4.69) is 89.8 Å². The van der Waals surface area contributed by atoms with Crippen molar-refractivity contribution in [3.63, 3.8) is 0 Å². The fraction of sp³-hybridized carbons (Fsp3) is 0.0294. The van der Waals surface area contributed by atoms with Crippen LogP contribution in [0, 0.1) is 5.82 Å². The van der Waals surface area contributed by atoms with E-state index in [0.717, 1.165) is 56.1 Å². The van der Waals surface area contributed by atoms with Gasteiger partial charge < -0.3 is 9.64 Å². The number of nitrogens with zero attached hydrogens (tertiary/aromatic N) is 2. The number of hydrogen-bond acceptors (Lipinski definition) is 4. The number of para-hydroxylation sites is 3. The first-order valence-electron chi connectivity index (χ1n) is 12.7. The fourth-order valence-corrected chi connectivity index (χ4v) is 6.21. The number of hydrogen-bond donors (Lipinski definition) is 0. The third kappa shape index (κ3) is 4.12. The van der Waals surface area contributed by atoms with Crippen LogP contribution >= 0.6 is 11.8 Å². The third-order valence-corrected chi connectivity index (χ3v) is 8.16. The lowest BCUT2D eigenvalue weighted by molar-refractivity contribution is 0.415. The zero-order valence-corrected chi connectivity index (χ0v) is 22.0. The molecule has 1 aliphatic heterocycles. The minimum atomic E-state index is -0.269. The maximum absolute atomic E-state index is 13.8. The lowest BCUT2D eigenvalue weighted by Gasteiger charge is -2.33.